The van der Waals surface area contributed by atoms with Crippen molar-refractivity contribution in [2.45, 2.75) is 47.5 Å². The molecule has 1 N–H and O–H groups in total. The van der Waals surface area contributed by atoms with Gasteiger partial charge in [0, 0.05) is 25.2 Å². The topological polar surface area (TPSA) is 60.0 Å². The summed E-state index contributed by atoms with van der Waals surface area (Å²) < 4.78 is 17.1. The lowest BCUT2D eigenvalue weighted by Gasteiger charge is -2.23. The maximum atomic E-state index is 12.5. The quantitative estimate of drug-likeness (QED) is 0.635. The van der Waals surface area contributed by atoms with Gasteiger partial charge in [0.2, 0.25) is 5.75 Å². The van der Waals surface area contributed by atoms with E-state index in [-0.39, 0.29) is 6.03 Å². The number of urea groups is 1. The minimum absolute atomic E-state index is 0.113. The molecule has 0 fully saturated rings. The van der Waals surface area contributed by atoms with E-state index in [0.29, 0.717) is 42.8 Å². The highest BCUT2D eigenvalue weighted by molar-refractivity contribution is 5.90. The van der Waals surface area contributed by atoms with Crippen LogP contribution >= 0.6 is 0 Å². The molecule has 6 heteroatoms. The van der Waals surface area contributed by atoms with Crippen LogP contribution in [0.3, 0.4) is 0 Å². The van der Waals surface area contributed by atoms with E-state index in [4.69, 9.17) is 14.2 Å². The third-order valence-electron chi connectivity index (χ3n) is 3.43. The van der Waals surface area contributed by atoms with Gasteiger partial charge in [0.25, 0.3) is 0 Å². The molecule has 1 aromatic rings. The standard InChI is InChI=1S/C19H32N2O4/c1-6-11-21(12-7-2)19(22)20-15-13-16(23-8-3)18(25-10-5)17(14-15)24-9-4/h13-14H,6-12H2,1-5H3,(H,20,22). The number of benzene rings is 1. The van der Waals surface area contributed by atoms with E-state index >= 15 is 0 Å². The monoisotopic (exact) mass is 352 g/mol. The van der Waals surface area contributed by atoms with Crippen molar-refractivity contribution in [2.75, 3.05) is 38.2 Å². The summed E-state index contributed by atoms with van der Waals surface area (Å²) >= 11 is 0. The zero-order valence-electron chi connectivity index (χ0n) is 16.2. The molecule has 0 unspecified atom stereocenters. The number of hydrogen-bond acceptors (Lipinski definition) is 4. The van der Waals surface area contributed by atoms with Gasteiger partial charge in [-0.15, -0.1) is 0 Å². The van der Waals surface area contributed by atoms with E-state index in [1.54, 1.807) is 12.1 Å². The lowest BCUT2D eigenvalue weighted by atomic mass is 10.2. The van der Waals surface area contributed by atoms with Crippen molar-refractivity contribution in [1.82, 2.24) is 4.90 Å². The van der Waals surface area contributed by atoms with Gasteiger partial charge in [-0.3, -0.25) is 0 Å². The highest BCUT2D eigenvalue weighted by atomic mass is 16.5. The summed E-state index contributed by atoms with van der Waals surface area (Å²) in [6.45, 7) is 12.8. The van der Waals surface area contributed by atoms with Crippen molar-refractivity contribution in [1.29, 1.82) is 0 Å². The molecule has 1 aromatic carbocycles. The van der Waals surface area contributed by atoms with Crippen molar-refractivity contribution in [3.05, 3.63) is 12.1 Å². The Kier molecular flexibility index (Phi) is 9.58. The van der Waals surface area contributed by atoms with Crippen molar-refractivity contribution in [2.24, 2.45) is 0 Å². The van der Waals surface area contributed by atoms with E-state index in [0.717, 1.165) is 25.9 Å². The molecule has 0 bridgehead atoms. The Morgan fingerprint density at radius 3 is 1.76 bits per heavy atom. The minimum Gasteiger partial charge on any atom is -0.490 e. The van der Waals surface area contributed by atoms with Crippen LogP contribution in [0, 0.1) is 0 Å². The molecule has 0 spiro atoms. The molecular formula is C19H32N2O4. The number of amides is 2. The molecule has 0 aliphatic carbocycles. The van der Waals surface area contributed by atoms with Gasteiger partial charge in [0.15, 0.2) is 11.5 Å². The van der Waals surface area contributed by atoms with Gasteiger partial charge in [-0.25, -0.2) is 4.79 Å². The maximum absolute atomic E-state index is 12.5. The van der Waals surface area contributed by atoms with Crippen LogP contribution < -0.4 is 19.5 Å². The Hall–Kier alpha value is -2.11. The van der Waals surface area contributed by atoms with Crippen LogP contribution in [-0.4, -0.2) is 43.8 Å². The van der Waals surface area contributed by atoms with Crippen LogP contribution in [0.4, 0.5) is 10.5 Å². The van der Waals surface area contributed by atoms with Gasteiger partial charge in [0.05, 0.1) is 25.5 Å². The largest absolute Gasteiger partial charge is 0.490 e. The van der Waals surface area contributed by atoms with E-state index < -0.39 is 0 Å². The summed E-state index contributed by atoms with van der Waals surface area (Å²) in [5, 5.41) is 2.95. The Balaban J connectivity index is 3.10. The van der Waals surface area contributed by atoms with Gasteiger partial charge in [-0.05, 0) is 33.6 Å². The number of hydrogen-bond donors (Lipinski definition) is 1. The summed E-state index contributed by atoms with van der Waals surface area (Å²) in [6, 6.07) is 3.45. The molecule has 6 nitrogen and oxygen atoms in total. The fraction of sp³-hybridized carbons (Fsp3) is 0.632. The molecule has 0 aliphatic rings. The van der Waals surface area contributed by atoms with E-state index in [9.17, 15) is 4.79 Å². The number of nitrogens with zero attached hydrogens (tertiary/aromatic N) is 1. The molecule has 0 heterocycles. The average molecular weight is 352 g/mol. The summed E-state index contributed by atoms with van der Waals surface area (Å²) in [5.74, 6) is 1.72. The number of anilines is 1. The smallest absolute Gasteiger partial charge is 0.321 e. The first kappa shape index (κ1) is 20.9. The van der Waals surface area contributed by atoms with Crippen LogP contribution in [0.5, 0.6) is 17.2 Å². The number of ether oxygens (including phenoxy) is 3. The Bertz CT molecular complexity index is 501. The SMILES string of the molecule is CCCN(CCC)C(=O)Nc1cc(OCC)c(OCC)c(OCC)c1. The van der Waals surface area contributed by atoms with Gasteiger partial charge in [0.1, 0.15) is 0 Å². The summed E-state index contributed by atoms with van der Waals surface area (Å²) in [4.78, 5) is 14.4. The molecule has 0 saturated heterocycles. The predicted molar refractivity (Wildman–Crippen MR) is 101 cm³/mol. The lowest BCUT2D eigenvalue weighted by Crippen LogP contribution is -2.36. The van der Waals surface area contributed by atoms with Crippen LogP contribution in [0.25, 0.3) is 0 Å². The first-order valence-electron chi connectivity index (χ1n) is 9.23. The normalized spacial score (nSPS) is 10.3. The van der Waals surface area contributed by atoms with Crippen LogP contribution in [0.1, 0.15) is 47.5 Å². The fourth-order valence-electron chi connectivity index (χ4n) is 2.52. The highest BCUT2D eigenvalue weighted by Crippen LogP contribution is 2.40. The summed E-state index contributed by atoms with van der Waals surface area (Å²) in [5.41, 5.74) is 0.637. The molecular weight excluding hydrogens is 320 g/mol. The molecule has 0 saturated carbocycles. The minimum atomic E-state index is -0.113. The Labute approximate surface area is 151 Å². The molecule has 25 heavy (non-hydrogen) atoms. The molecule has 142 valence electrons. The first-order chi connectivity index (χ1) is 12.1. The van der Waals surface area contributed by atoms with E-state index in [1.165, 1.54) is 0 Å². The Morgan fingerprint density at radius 2 is 1.36 bits per heavy atom. The van der Waals surface area contributed by atoms with Crippen molar-refractivity contribution in [3.8, 4) is 17.2 Å². The zero-order valence-corrected chi connectivity index (χ0v) is 16.2. The third-order valence-corrected chi connectivity index (χ3v) is 3.43. The van der Waals surface area contributed by atoms with Gasteiger partial charge >= 0.3 is 6.03 Å². The number of nitrogens with one attached hydrogen (secondary N) is 1. The molecule has 1 rings (SSSR count). The maximum Gasteiger partial charge on any atom is 0.321 e. The summed E-state index contributed by atoms with van der Waals surface area (Å²) in [7, 11) is 0. The highest BCUT2D eigenvalue weighted by Gasteiger charge is 2.18. The zero-order chi connectivity index (χ0) is 18.7. The average Bonchev–Trinajstić information content (AvgIpc) is 2.58. The Morgan fingerprint density at radius 1 is 0.880 bits per heavy atom. The van der Waals surface area contributed by atoms with Gasteiger partial charge in [-0.2, -0.15) is 0 Å². The molecule has 2 amide bonds. The number of carbonyl (C=O) groups is 1. The number of rotatable bonds is 11. The first-order valence-corrected chi connectivity index (χ1v) is 9.23. The van der Waals surface area contributed by atoms with Gasteiger partial charge in [-0.1, -0.05) is 13.8 Å². The summed E-state index contributed by atoms with van der Waals surface area (Å²) in [6.07, 6.45) is 1.84. The van der Waals surface area contributed by atoms with Crippen LogP contribution in [-0.2, 0) is 0 Å². The van der Waals surface area contributed by atoms with E-state index in [2.05, 4.69) is 19.2 Å². The van der Waals surface area contributed by atoms with Gasteiger partial charge < -0.3 is 24.4 Å². The molecule has 0 atom stereocenters. The molecule has 0 aliphatic heterocycles. The van der Waals surface area contributed by atoms with Crippen LogP contribution in [0.15, 0.2) is 12.1 Å². The predicted octanol–water partition coefficient (Wildman–Crippen LogP) is 4.54. The van der Waals surface area contributed by atoms with E-state index in [1.807, 2.05) is 25.7 Å². The second-order valence-electron chi connectivity index (χ2n) is 5.52. The molecule has 0 radical (unpaired) electrons. The van der Waals surface area contributed by atoms with Crippen molar-refractivity contribution >= 4 is 11.7 Å². The number of carbonyl (C=O) groups excluding carboxylic acids is 1. The third kappa shape index (κ3) is 6.36. The second kappa shape index (κ2) is 11.4. The lowest BCUT2D eigenvalue weighted by molar-refractivity contribution is 0.211. The van der Waals surface area contributed by atoms with Crippen molar-refractivity contribution < 1.29 is 19.0 Å². The van der Waals surface area contributed by atoms with Crippen molar-refractivity contribution in [3.63, 3.8) is 0 Å². The fourth-order valence-corrected chi connectivity index (χ4v) is 2.52. The van der Waals surface area contributed by atoms with Crippen LogP contribution in [0.2, 0.25) is 0 Å². The second-order valence-corrected chi connectivity index (χ2v) is 5.52. The molecule has 0 aromatic heterocycles.